The molecule has 0 saturated carbocycles. The first-order valence-electron chi connectivity index (χ1n) is 10.1. The topological polar surface area (TPSA) is 73.1 Å². The fourth-order valence-corrected chi connectivity index (χ4v) is 3.53. The van der Waals surface area contributed by atoms with E-state index in [1.165, 1.54) is 10.4 Å². The number of aryl methyl sites for hydroxylation is 1. The Kier molecular flexibility index (Phi) is 6.26. The van der Waals surface area contributed by atoms with Gasteiger partial charge >= 0.3 is 5.97 Å². The highest BCUT2D eigenvalue weighted by atomic mass is 16.5. The van der Waals surface area contributed by atoms with Gasteiger partial charge in [0.2, 0.25) is 5.82 Å². The number of likely N-dealkylation sites (tertiary alicyclic amines) is 1. The van der Waals surface area contributed by atoms with Gasteiger partial charge in [-0.1, -0.05) is 60.7 Å². The smallest absolute Gasteiger partial charge is 0.306 e. The van der Waals surface area contributed by atoms with E-state index in [1.807, 2.05) is 36.4 Å². The SMILES string of the molecule is O=C(CCCn1nnc(-c2ccccc2)n1)O[C@@H]1CCN(Cc2ccccc2)C1. The van der Waals surface area contributed by atoms with Crippen LogP contribution in [0.1, 0.15) is 24.8 Å². The lowest BCUT2D eigenvalue weighted by Crippen LogP contribution is -2.24. The van der Waals surface area contributed by atoms with Crippen molar-refractivity contribution in [2.24, 2.45) is 0 Å². The molecule has 150 valence electrons. The number of benzene rings is 2. The van der Waals surface area contributed by atoms with Crippen molar-refractivity contribution in [3.8, 4) is 11.4 Å². The van der Waals surface area contributed by atoms with Crippen LogP contribution in [0.4, 0.5) is 0 Å². The monoisotopic (exact) mass is 391 g/mol. The van der Waals surface area contributed by atoms with Gasteiger partial charge < -0.3 is 4.74 Å². The van der Waals surface area contributed by atoms with Crippen LogP contribution < -0.4 is 0 Å². The average molecular weight is 391 g/mol. The summed E-state index contributed by atoms with van der Waals surface area (Å²) in [4.78, 5) is 16.0. The maximum Gasteiger partial charge on any atom is 0.306 e. The van der Waals surface area contributed by atoms with Crippen LogP contribution in [0.3, 0.4) is 0 Å². The number of rotatable bonds is 8. The van der Waals surface area contributed by atoms with Crippen LogP contribution >= 0.6 is 0 Å². The predicted octanol–water partition coefficient (Wildman–Crippen LogP) is 2.94. The summed E-state index contributed by atoms with van der Waals surface area (Å²) in [5.74, 6) is 0.442. The van der Waals surface area contributed by atoms with E-state index in [-0.39, 0.29) is 12.1 Å². The summed E-state index contributed by atoms with van der Waals surface area (Å²) >= 11 is 0. The quantitative estimate of drug-likeness (QED) is 0.550. The zero-order valence-electron chi connectivity index (χ0n) is 16.4. The fraction of sp³-hybridized carbons (Fsp3) is 0.364. The summed E-state index contributed by atoms with van der Waals surface area (Å²) in [7, 11) is 0. The van der Waals surface area contributed by atoms with E-state index in [0.717, 1.165) is 31.6 Å². The number of tetrazole rings is 1. The first-order chi connectivity index (χ1) is 14.3. The molecule has 1 fully saturated rings. The Balaban J connectivity index is 1.17. The molecule has 2 heterocycles. The minimum atomic E-state index is -0.153. The number of ether oxygens (including phenoxy) is 1. The highest BCUT2D eigenvalue weighted by Crippen LogP contribution is 2.17. The average Bonchev–Trinajstić information content (AvgIpc) is 3.39. The molecule has 2 aromatic carbocycles. The van der Waals surface area contributed by atoms with E-state index in [1.54, 1.807) is 0 Å². The van der Waals surface area contributed by atoms with Crippen LogP contribution in [0.15, 0.2) is 60.7 Å². The number of esters is 1. The van der Waals surface area contributed by atoms with Crippen LogP contribution in [0.5, 0.6) is 0 Å². The van der Waals surface area contributed by atoms with Gasteiger partial charge in [0, 0.05) is 31.6 Å². The molecule has 1 aliphatic rings. The highest BCUT2D eigenvalue weighted by molar-refractivity contribution is 5.69. The molecule has 3 aromatic rings. The maximum atomic E-state index is 12.2. The number of carbonyl (C=O) groups excluding carboxylic acids is 1. The van der Waals surface area contributed by atoms with E-state index in [9.17, 15) is 4.79 Å². The third-order valence-electron chi connectivity index (χ3n) is 5.00. The first kappa shape index (κ1) is 19.3. The molecular formula is C22H25N5O2. The van der Waals surface area contributed by atoms with Crippen molar-refractivity contribution in [3.63, 3.8) is 0 Å². The van der Waals surface area contributed by atoms with Gasteiger partial charge in [0.15, 0.2) is 0 Å². The molecule has 0 amide bonds. The van der Waals surface area contributed by atoms with E-state index in [4.69, 9.17) is 4.74 Å². The maximum absolute atomic E-state index is 12.2. The zero-order valence-corrected chi connectivity index (χ0v) is 16.4. The lowest BCUT2D eigenvalue weighted by atomic mass is 10.2. The summed E-state index contributed by atoms with van der Waals surface area (Å²) in [6, 6.07) is 20.1. The molecule has 1 saturated heterocycles. The van der Waals surface area contributed by atoms with Gasteiger partial charge in [-0.05, 0) is 23.6 Å². The largest absolute Gasteiger partial charge is 0.461 e. The van der Waals surface area contributed by atoms with Crippen molar-refractivity contribution in [1.82, 2.24) is 25.1 Å². The van der Waals surface area contributed by atoms with Crippen molar-refractivity contribution >= 4 is 5.97 Å². The van der Waals surface area contributed by atoms with Crippen molar-refractivity contribution in [2.75, 3.05) is 13.1 Å². The third kappa shape index (κ3) is 5.48. The fourth-order valence-electron chi connectivity index (χ4n) is 3.53. The molecule has 0 spiro atoms. The third-order valence-corrected chi connectivity index (χ3v) is 5.00. The lowest BCUT2D eigenvalue weighted by Gasteiger charge is -2.16. The van der Waals surface area contributed by atoms with Gasteiger partial charge in [-0.3, -0.25) is 9.69 Å². The number of hydrogen-bond donors (Lipinski definition) is 0. The van der Waals surface area contributed by atoms with Gasteiger partial charge in [-0.25, -0.2) is 0 Å². The predicted molar refractivity (Wildman–Crippen MR) is 109 cm³/mol. The molecule has 0 radical (unpaired) electrons. The Morgan fingerprint density at radius 3 is 2.62 bits per heavy atom. The van der Waals surface area contributed by atoms with Crippen LogP contribution in [-0.4, -0.2) is 50.3 Å². The number of hydrogen-bond acceptors (Lipinski definition) is 6. The van der Waals surface area contributed by atoms with E-state index >= 15 is 0 Å². The Bertz CT molecular complexity index is 913. The molecule has 1 aromatic heterocycles. The van der Waals surface area contributed by atoms with Crippen LogP contribution in [0.2, 0.25) is 0 Å². The van der Waals surface area contributed by atoms with Gasteiger partial charge in [0.1, 0.15) is 6.10 Å². The minimum absolute atomic E-state index is 0.0135. The van der Waals surface area contributed by atoms with Crippen LogP contribution in [-0.2, 0) is 22.6 Å². The number of nitrogens with zero attached hydrogens (tertiary/aromatic N) is 5. The van der Waals surface area contributed by atoms with Gasteiger partial charge in [0.05, 0.1) is 6.54 Å². The molecule has 7 heteroatoms. The number of carbonyl (C=O) groups is 1. The molecule has 0 N–H and O–H groups in total. The molecule has 0 aliphatic carbocycles. The zero-order chi connectivity index (χ0) is 19.9. The normalized spacial score (nSPS) is 16.8. The summed E-state index contributed by atoms with van der Waals surface area (Å²) in [5.41, 5.74) is 2.22. The standard InChI is InChI=1S/C22H25N5O2/c28-21(29-20-13-15-26(17-20)16-18-8-3-1-4-9-18)12-7-14-27-24-22(23-25-27)19-10-5-2-6-11-19/h1-6,8-11,20H,7,12-17H2/t20-/m1/s1. The molecular weight excluding hydrogens is 366 g/mol. The van der Waals surface area contributed by atoms with Crippen molar-refractivity contribution in [3.05, 3.63) is 66.2 Å². The van der Waals surface area contributed by atoms with Crippen LogP contribution in [0, 0.1) is 0 Å². The lowest BCUT2D eigenvalue weighted by molar-refractivity contribution is -0.148. The van der Waals surface area contributed by atoms with E-state index in [0.29, 0.717) is 25.2 Å². The second-order valence-electron chi connectivity index (χ2n) is 7.30. The van der Waals surface area contributed by atoms with Crippen molar-refractivity contribution in [1.29, 1.82) is 0 Å². The molecule has 1 aliphatic heterocycles. The van der Waals surface area contributed by atoms with Gasteiger partial charge in [-0.2, -0.15) is 4.80 Å². The summed E-state index contributed by atoms with van der Waals surface area (Å²) < 4.78 is 5.65. The second-order valence-corrected chi connectivity index (χ2v) is 7.30. The molecule has 1 atom stereocenters. The molecule has 4 rings (SSSR count). The van der Waals surface area contributed by atoms with Gasteiger partial charge in [0.25, 0.3) is 0 Å². The number of aromatic nitrogens is 4. The highest BCUT2D eigenvalue weighted by Gasteiger charge is 2.25. The van der Waals surface area contributed by atoms with E-state index in [2.05, 4.69) is 44.6 Å². The van der Waals surface area contributed by atoms with Crippen molar-refractivity contribution < 1.29 is 9.53 Å². The molecule has 29 heavy (non-hydrogen) atoms. The summed E-state index contributed by atoms with van der Waals surface area (Å²) in [5, 5.41) is 12.5. The van der Waals surface area contributed by atoms with Crippen molar-refractivity contribution in [2.45, 2.75) is 38.5 Å². The molecule has 0 unspecified atom stereocenters. The Morgan fingerprint density at radius 1 is 1.07 bits per heavy atom. The summed E-state index contributed by atoms with van der Waals surface area (Å²) in [6.45, 7) is 3.19. The molecule has 0 bridgehead atoms. The Labute approximate surface area is 170 Å². The second kappa shape index (κ2) is 9.43. The van der Waals surface area contributed by atoms with Gasteiger partial charge in [-0.15, -0.1) is 10.2 Å². The Hall–Kier alpha value is -3.06. The summed E-state index contributed by atoms with van der Waals surface area (Å²) in [6.07, 6.45) is 1.87. The van der Waals surface area contributed by atoms with Crippen LogP contribution in [0.25, 0.3) is 11.4 Å². The minimum Gasteiger partial charge on any atom is -0.461 e. The Morgan fingerprint density at radius 2 is 1.83 bits per heavy atom. The molecule has 7 nitrogen and oxygen atoms in total. The first-order valence-corrected chi connectivity index (χ1v) is 10.1. The van der Waals surface area contributed by atoms with E-state index < -0.39 is 0 Å².